The van der Waals surface area contributed by atoms with Crippen molar-refractivity contribution in [1.82, 2.24) is 0 Å². The van der Waals surface area contributed by atoms with Gasteiger partial charge in [-0.25, -0.2) is 9.18 Å². The van der Waals surface area contributed by atoms with Crippen LogP contribution in [0.25, 0.3) is 5.76 Å². The summed E-state index contributed by atoms with van der Waals surface area (Å²) in [6.45, 7) is 1.63. The van der Waals surface area contributed by atoms with Crippen molar-refractivity contribution in [2.75, 3.05) is 6.61 Å². The molecular weight excluding hydrogens is 314 g/mol. The van der Waals surface area contributed by atoms with Gasteiger partial charge in [0.05, 0.1) is 11.1 Å². The van der Waals surface area contributed by atoms with Crippen molar-refractivity contribution in [3.8, 4) is 0 Å². The first kappa shape index (κ1) is 17.9. The maximum Gasteiger partial charge on any atom is 1.00 e. The molecule has 0 aliphatic rings. The smallest absolute Gasteiger partial charge is 1.00 e. The third-order valence-corrected chi connectivity index (χ3v) is 2.57. The van der Waals surface area contributed by atoms with E-state index in [0.717, 1.165) is 12.1 Å². The molecule has 0 aromatic heterocycles. The van der Waals surface area contributed by atoms with Gasteiger partial charge in [0.25, 0.3) is 5.78 Å². The SMILES string of the molecule is CCOC(=O)C(=O)C=C(O)c1ccc(F)c(Br)c1.[H-].[Li+]. The van der Waals surface area contributed by atoms with E-state index in [1.54, 1.807) is 6.92 Å². The zero-order valence-electron chi connectivity index (χ0n) is 11.4. The van der Waals surface area contributed by atoms with Crippen LogP contribution in [0.5, 0.6) is 0 Å². The van der Waals surface area contributed by atoms with Crippen LogP contribution in [-0.2, 0) is 14.3 Å². The number of rotatable bonds is 4. The van der Waals surface area contributed by atoms with E-state index < -0.39 is 23.3 Å². The van der Waals surface area contributed by atoms with Crippen molar-refractivity contribution in [2.24, 2.45) is 0 Å². The summed E-state index contributed by atoms with van der Waals surface area (Å²) in [5.41, 5.74) is 0.209. The molecule has 0 fully saturated rings. The Hall–Kier alpha value is -1.09. The van der Waals surface area contributed by atoms with Gasteiger partial charge in [-0.15, -0.1) is 0 Å². The van der Waals surface area contributed by atoms with Crippen LogP contribution in [-0.4, -0.2) is 23.5 Å². The minimum Gasteiger partial charge on any atom is -1.00 e. The van der Waals surface area contributed by atoms with Crippen LogP contribution in [0.15, 0.2) is 28.7 Å². The van der Waals surface area contributed by atoms with Gasteiger partial charge in [-0.05, 0) is 41.1 Å². The van der Waals surface area contributed by atoms with E-state index in [4.69, 9.17) is 0 Å². The van der Waals surface area contributed by atoms with E-state index in [1.165, 1.54) is 12.1 Å². The standard InChI is InChI=1S/C12H10BrFO4.Li.H/c1-2-18-12(17)11(16)6-10(15)7-3-4-9(14)8(13)5-7;;/h3-6,15H,2H2,1H3;;/q;+1;-1. The fourth-order valence-corrected chi connectivity index (χ4v) is 1.50. The van der Waals surface area contributed by atoms with Crippen LogP contribution < -0.4 is 18.9 Å². The second kappa shape index (κ2) is 8.15. The zero-order chi connectivity index (χ0) is 13.7. The summed E-state index contributed by atoms with van der Waals surface area (Å²) < 4.78 is 17.6. The average Bonchev–Trinajstić information content (AvgIpc) is 2.32. The van der Waals surface area contributed by atoms with Gasteiger partial charge in [0.15, 0.2) is 0 Å². The molecule has 1 rings (SSSR count). The van der Waals surface area contributed by atoms with Crippen LogP contribution in [0.1, 0.15) is 13.9 Å². The largest absolute Gasteiger partial charge is 1.00 e. The Balaban J connectivity index is 0. The molecule has 1 aromatic rings. The number of hydrogen-bond acceptors (Lipinski definition) is 4. The molecule has 0 saturated heterocycles. The monoisotopic (exact) mass is 324 g/mol. The Morgan fingerprint density at radius 2 is 2.16 bits per heavy atom. The summed E-state index contributed by atoms with van der Waals surface area (Å²) in [7, 11) is 0. The van der Waals surface area contributed by atoms with E-state index in [2.05, 4.69) is 20.7 Å². The number of aliphatic hydroxyl groups excluding tert-OH is 1. The maximum atomic E-state index is 13.0. The van der Waals surface area contributed by atoms with Gasteiger partial charge < -0.3 is 11.3 Å². The van der Waals surface area contributed by atoms with E-state index in [0.29, 0.717) is 0 Å². The van der Waals surface area contributed by atoms with Gasteiger partial charge in [0.1, 0.15) is 11.6 Å². The number of carbonyl (C=O) groups excluding carboxylic acids is 2. The van der Waals surface area contributed by atoms with Crippen molar-refractivity contribution in [3.05, 3.63) is 40.1 Å². The summed E-state index contributed by atoms with van der Waals surface area (Å²) in [5.74, 6) is -2.96. The fraction of sp³-hybridized carbons (Fsp3) is 0.167. The molecule has 98 valence electrons. The predicted octanol–water partition coefficient (Wildman–Crippen LogP) is -0.264. The number of benzene rings is 1. The summed E-state index contributed by atoms with van der Waals surface area (Å²) in [4.78, 5) is 22.3. The van der Waals surface area contributed by atoms with Gasteiger partial charge in [-0.2, -0.15) is 0 Å². The van der Waals surface area contributed by atoms with Crippen LogP contribution in [0.3, 0.4) is 0 Å². The molecule has 0 aliphatic carbocycles. The first-order chi connectivity index (χ1) is 8.45. The van der Waals surface area contributed by atoms with Crippen LogP contribution in [0.4, 0.5) is 4.39 Å². The fourth-order valence-electron chi connectivity index (χ4n) is 1.12. The number of ketones is 1. The van der Waals surface area contributed by atoms with E-state index in [1.807, 2.05) is 0 Å². The summed E-state index contributed by atoms with van der Waals surface area (Å²) in [5, 5.41) is 9.61. The van der Waals surface area contributed by atoms with Gasteiger partial charge in [-0.1, -0.05) is 0 Å². The minimum atomic E-state index is -1.05. The van der Waals surface area contributed by atoms with E-state index in [9.17, 15) is 19.1 Å². The summed E-state index contributed by atoms with van der Waals surface area (Å²) in [6.07, 6.45) is 0.734. The second-order valence-corrected chi connectivity index (χ2v) is 4.10. The number of halogens is 2. The quantitative estimate of drug-likeness (QED) is 0.272. The molecule has 0 heterocycles. The Kier molecular flexibility index (Phi) is 7.68. The predicted molar refractivity (Wildman–Crippen MR) is 67.5 cm³/mol. The average molecular weight is 325 g/mol. The molecule has 0 spiro atoms. The first-order valence-corrected chi connectivity index (χ1v) is 5.82. The van der Waals surface area contributed by atoms with Gasteiger partial charge in [-0.3, -0.25) is 4.79 Å². The van der Waals surface area contributed by atoms with Crippen molar-refractivity contribution < 1.29 is 44.1 Å². The van der Waals surface area contributed by atoms with Gasteiger partial charge in [0.2, 0.25) is 0 Å². The Morgan fingerprint density at radius 1 is 1.53 bits per heavy atom. The number of ether oxygens (including phenoxy) is 1. The summed E-state index contributed by atoms with van der Waals surface area (Å²) in [6, 6.07) is 3.70. The Bertz CT molecular complexity index is 522. The van der Waals surface area contributed by atoms with Crippen LogP contribution in [0, 0.1) is 5.82 Å². The van der Waals surface area contributed by atoms with Crippen molar-refractivity contribution in [3.63, 3.8) is 0 Å². The Labute approximate surface area is 131 Å². The van der Waals surface area contributed by atoms with Crippen molar-refractivity contribution >= 4 is 33.4 Å². The maximum absolute atomic E-state index is 13.0. The third kappa shape index (κ3) is 5.19. The van der Waals surface area contributed by atoms with Crippen molar-refractivity contribution in [1.29, 1.82) is 0 Å². The van der Waals surface area contributed by atoms with E-state index >= 15 is 0 Å². The molecule has 0 unspecified atom stereocenters. The molecule has 0 radical (unpaired) electrons. The molecule has 1 N–H and O–H groups in total. The molecule has 7 heteroatoms. The topological polar surface area (TPSA) is 63.6 Å². The number of carbonyl (C=O) groups is 2. The third-order valence-electron chi connectivity index (χ3n) is 1.96. The molecule has 0 aliphatic heterocycles. The molecule has 0 bridgehead atoms. The Morgan fingerprint density at radius 3 is 2.68 bits per heavy atom. The van der Waals surface area contributed by atoms with Crippen LogP contribution >= 0.6 is 15.9 Å². The normalized spacial score (nSPS) is 10.6. The van der Waals surface area contributed by atoms with Crippen LogP contribution in [0.2, 0.25) is 0 Å². The van der Waals surface area contributed by atoms with Gasteiger partial charge >= 0.3 is 24.8 Å². The van der Waals surface area contributed by atoms with Crippen molar-refractivity contribution in [2.45, 2.75) is 6.92 Å². The summed E-state index contributed by atoms with van der Waals surface area (Å²) >= 11 is 2.94. The first-order valence-electron chi connectivity index (χ1n) is 5.03. The number of esters is 1. The number of hydrogen-bond donors (Lipinski definition) is 1. The number of aliphatic hydroxyl groups is 1. The van der Waals surface area contributed by atoms with Gasteiger partial charge in [0, 0.05) is 11.6 Å². The molecule has 0 atom stereocenters. The van der Waals surface area contributed by atoms with E-state index in [-0.39, 0.29) is 36.9 Å². The molecular formula is C12H11BrFLiO4. The molecule has 19 heavy (non-hydrogen) atoms. The second-order valence-electron chi connectivity index (χ2n) is 3.24. The molecule has 4 nitrogen and oxygen atoms in total. The molecule has 0 saturated carbocycles. The molecule has 0 amide bonds. The molecule has 1 aromatic carbocycles. The minimum absolute atomic E-state index is 0. The zero-order valence-corrected chi connectivity index (χ0v) is 12.0.